The summed E-state index contributed by atoms with van der Waals surface area (Å²) in [6.45, 7) is 2.22. The van der Waals surface area contributed by atoms with Crippen molar-refractivity contribution < 1.29 is 0 Å². The maximum atomic E-state index is 6.13. The molecule has 1 aliphatic rings. The van der Waals surface area contributed by atoms with Crippen LogP contribution in [0.25, 0.3) is 0 Å². The van der Waals surface area contributed by atoms with E-state index in [1.54, 1.807) is 0 Å². The smallest absolute Gasteiger partial charge is 0.0930 e. The molecule has 1 fully saturated rings. The molecule has 0 nitrogen and oxygen atoms in total. The van der Waals surface area contributed by atoms with Crippen LogP contribution in [0.3, 0.4) is 0 Å². The van der Waals surface area contributed by atoms with Crippen LogP contribution in [-0.2, 0) is 6.42 Å². The second kappa shape index (κ2) is 4.87. The summed E-state index contributed by atoms with van der Waals surface area (Å²) in [5.74, 6) is 0.731. The van der Waals surface area contributed by atoms with E-state index < -0.39 is 0 Å². The van der Waals surface area contributed by atoms with Gasteiger partial charge in [-0.15, -0.1) is 0 Å². The molecule has 1 saturated carbocycles. The molecular weight excluding hydrogens is 179 g/mol. The average Bonchev–Trinajstić information content (AvgIpc) is 2.29. The van der Waals surface area contributed by atoms with E-state index in [2.05, 4.69) is 25.1 Å². The maximum Gasteiger partial charge on any atom is 0.114 e. The summed E-state index contributed by atoms with van der Waals surface area (Å²) in [5, 5.41) is 0. The molecular formula is C14H19B. The van der Waals surface area contributed by atoms with Gasteiger partial charge in [0.25, 0.3) is 0 Å². The summed E-state index contributed by atoms with van der Waals surface area (Å²) in [6.07, 6.45) is 7.94. The normalized spacial score (nSPS) is 17.9. The molecule has 15 heavy (non-hydrogen) atoms. The van der Waals surface area contributed by atoms with E-state index in [0.29, 0.717) is 0 Å². The first-order chi connectivity index (χ1) is 7.33. The van der Waals surface area contributed by atoms with Crippen molar-refractivity contribution in [1.29, 1.82) is 0 Å². The molecule has 0 unspecified atom stereocenters. The van der Waals surface area contributed by atoms with Crippen molar-refractivity contribution in [2.45, 2.75) is 51.4 Å². The molecule has 0 atom stereocenters. The molecule has 1 aromatic rings. The molecule has 0 aromatic heterocycles. The first-order valence-electron chi connectivity index (χ1n) is 6.20. The van der Waals surface area contributed by atoms with Gasteiger partial charge in [0, 0.05) is 0 Å². The summed E-state index contributed by atoms with van der Waals surface area (Å²) < 4.78 is 0. The van der Waals surface area contributed by atoms with Crippen molar-refractivity contribution in [3.63, 3.8) is 0 Å². The van der Waals surface area contributed by atoms with Crippen molar-refractivity contribution in [3.8, 4) is 0 Å². The SMILES string of the molecule is [B]c1cccc(CC)c1C1CCCCC1. The van der Waals surface area contributed by atoms with Gasteiger partial charge in [0.05, 0.1) is 0 Å². The molecule has 0 saturated heterocycles. The Morgan fingerprint density at radius 1 is 1.20 bits per heavy atom. The van der Waals surface area contributed by atoms with Crippen LogP contribution >= 0.6 is 0 Å². The molecule has 78 valence electrons. The molecule has 2 rings (SSSR count). The largest absolute Gasteiger partial charge is 0.114 e. The Hall–Kier alpha value is -0.715. The molecule has 0 N–H and O–H groups in total. The van der Waals surface area contributed by atoms with Crippen molar-refractivity contribution in [2.75, 3.05) is 0 Å². The fourth-order valence-corrected chi connectivity index (χ4v) is 2.83. The Balaban J connectivity index is 2.31. The van der Waals surface area contributed by atoms with Gasteiger partial charge in [0.2, 0.25) is 0 Å². The van der Waals surface area contributed by atoms with Gasteiger partial charge in [-0.25, -0.2) is 0 Å². The highest BCUT2D eigenvalue weighted by Crippen LogP contribution is 2.33. The summed E-state index contributed by atoms with van der Waals surface area (Å²) in [5.41, 5.74) is 3.93. The van der Waals surface area contributed by atoms with E-state index in [-0.39, 0.29) is 0 Å². The monoisotopic (exact) mass is 198 g/mol. The third-order valence-corrected chi connectivity index (χ3v) is 3.62. The van der Waals surface area contributed by atoms with Gasteiger partial charge in [-0.3, -0.25) is 0 Å². The predicted octanol–water partition coefficient (Wildman–Crippen LogP) is 3.09. The van der Waals surface area contributed by atoms with Gasteiger partial charge in [0.15, 0.2) is 0 Å². The fourth-order valence-electron chi connectivity index (χ4n) is 2.83. The molecule has 0 heterocycles. The Kier molecular flexibility index (Phi) is 3.51. The van der Waals surface area contributed by atoms with Crippen molar-refractivity contribution >= 4 is 13.3 Å². The molecule has 1 aromatic carbocycles. The molecule has 0 spiro atoms. The minimum atomic E-state index is 0.731. The van der Waals surface area contributed by atoms with E-state index in [1.807, 2.05) is 0 Å². The van der Waals surface area contributed by atoms with Crippen LogP contribution in [0.4, 0.5) is 0 Å². The molecule has 0 bridgehead atoms. The molecule has 0 amide bonds. The van der Waals surface area contributed by atoms with Gasteiger partial charge >= 0.3 is 0 Å². The fraction of sp³-hybridized carbons (Fsp3) is 0.571. The third-order valence-electron chi connectivity index (χ3n) is 3.62. The Bertz CT molecular complexity index is 324. The molecule has 1 heteroatoms. The highest BCUT2D eigenvalue weighted by Gasteiger charge is 2.18. The van der Waals surface area contributed by atoms with Crippen molar-refractivity contribution in [3.05, 3.63) is 29.3 Å². The van der Waals surface area contributed by atoms with Gasteiger partial charge < -0.3 is 0 Å². The lowest BCUT2D eigenvalue weighted by Gasteiger charge is -2.26. The number of hydrogen-bond acceptors (Lipinski definition) is 0. The Morgan fingerprint density at radius 2 is 1.93 bits per heavy atom. The minimum Gasteiger partial charge on any atom is -0.0930 e. The summed E-state index contributed by atoms with van der Waals surface area (Å²) in [7, 11) is 6.13. The van der Waals surface area contributed by atoms with Crippen molar-refractivity contribution in [1.82, 2.24) is 0 Å². The topological polar surface area (TPSA) is 0 Å². The second-order valence-electron chi connectivity index (χ2n) is 4.61. The van der Waals surface area contributed by atoms with Crippen LogP contribution in [0.2, 0.25) is 0 Å². The number of hydrogen-bond donors (Lipinski definition) is 0. The lowest BCUT2D eigenvalue weighted by molar-refractivity contribution is 0.443. The van der Waals surface area contributed by atoms with Crippen LogP contribution in [0.1, 0.15) is 56.1 Å². The third kappa shape index (κ3) is 2.27. The highest BCUT2D eigenvalue weighted by molar-refractivity contribution is 6.33. The molecule has 2 radical (unpaired) electrons. The zero-order valence-electron chi connectivity index (χ0n) is 9.63. The molecule has 1 aliphatic carbocycles. The summed E-state index contributed by atoms with van der Waals surface area (Å²) in [6, 6.07) is 6.38. The zero-order valence-corrected chi connectivity index (χ0v) is 9.63. The first-order valence-corrected chi connectivity index (χ1v) is 6.20. The number of benzene rings is 1. The van der Waals surface area contributed by atoms with Crippen LogP contribution in [0, 0.1) is 0 Å². The van der Waals surface area contributed by atoms with E-state index >= 15 is 0 Å². The van der Waals surface area contributed by atoms with Crippen LogP contribution in [0.15, 0.2) is 18.2 Å². The minimum absolute atomic E-state index is 0.731. The molecule has 0 aliphatic heterocycles. The number of rotatable bonds is 2. The van der Waals surface area contributed by atoms with Gasteiger partial charge in [0.1, 0.15) is 7.85 Å². The predicted molar refractivity (Wildman–Crippen MR) is 67.0 cm³/mol. The zero-order chi connectivity index (χ0) is 10.7. The lowest BCUT2D eigenvalue weighted by atomic mass is 9.75. The Labute approximate surface area is 94.5 Å². The second-order valence-corrected chi connectivity index (χ2v) is 4.61. The van der Waals surface area contributed by atoms with Gasteiger partial charge in [-0.1, -0.05) is 49.8 Å². The maximum absolute atomic E-state index is 6.13. The van der Waals surface area contributed by atoms with E-state index in [1.165, 1.54) is 43.2 Å². The number of aryl methyl sites for hydroxylation is 1. The summed E-state index contributed by atoms with van der Waals surface area (Å²) in [4.78, 5) is 0. The van der Waals surface area contributed by atoms with Crippen LogP contribution in [-0.4, -0.2) is 7.85 Å². The lowest BCUT2D eigenvalue weighted by Crippen LogP contribution is -2.19. The highest BCUT2D eigenvalue weighted by atomic mass is 14.2. The average molecular weight is 198 g/mol. The van der Waals surface area contributed by atoms with E-state index in [4.69, 9.17) is 7.85 Å². The van der Waals surface area contributed by atoms with Crippen molar-refractivity contribution in [2.24, 2.45) is 0 Å². The van der Waals surface area contributed by atoms with E-state index in [9.17, 15) is 0 Å². The standard InChI is InChI=1S/C14H19B/c1-2-11-9-6-10-13(15)14(11)12-7-4-3-5-8-12/h6,9-10,12H,2-5,7-8H2,1H3. The first kappa shape index (κ1) is 10.8. The van der Waals surface area contributed by atoms with Crippen LogP contribution < -0.4 is 5.46 Å². The van der Waals surface area contributed by atoms with Gasteiger partial charge in [-0.2, -0.15) is 0 Å². The quantitative estimate of drug-likeness (QED) is 0.640. The van der Waals surface area contributed by atoms with Gasteiger partial charge in [-0.05, 0) is 36.3 Å². The Morgan fingerprint density at radius 3 is 2.60 bits per heavy atom. The van der Waals surface area contributed by atoms with E-state index in [0.717, 1.165) is 17.8 Å². The van der Waals surface area contributed by atoms with Crippen LogP contribution in [0.5, 0.6) is 0 Å². The summed E-state index contributed by atoms with van der Waals surface area (Å²) >= 11 is 0.